The second kappa shape index (κ2) is 5.17. The van der Waals surface area contributed by atoms with Gasteiger partial charge >= 0.3 is 0 Å². The Morgan fingerprint density at radius 1 is 1.19 bits per heavy atom. The molecular formula is C13H24N2O. The van der Waals surface area contributed by atoms with Crippen molar-refractivity contribution < 1.29 is 4.79 Å². The second-order valence-corrected chi connectivity index (χ2v) is 5.47. The van der Waals surface area contributed by atoms with E-state index in [1.165, 1.54) is 38.5 Å². The van der Waals surface area contributed by atoms with Gasteiger partial charge in [0.1, 0.15) is 0 Å². The first kappa shape index (κ1) is 11.9. The van der Waals surface area contributed by atoms with Gasteiger partial charge in [-0.25, -0.2) is 0 Å². The van der Waals surface area contributed by atoms with E-state index in [1.807, 2.05) is 7.05 Å². The topological polar surface area (TPSA) is 41.1 Å². The fourth-order valence-electron chi connectivity index (χ4n) is 2.74. The van der Waals surface area contributed by atoms with Gasteiger partial charge in [-0.15, -0.1) is 0 Å². The standard InChI is InChI=1S/C13H24N2O/c1-14-10-13(8-9-13)12(16)15-11-6-4-2-3-5-7-11/h11,14H,2-10H2,1H3,(H,15,16). The van der Waals surface area contributed by atoms with Crippen molar-refractivity contribution >= 4 is 5.91 Å². The molecule has 92 valence electrons. The average molecular weight is 224 g/mol. The summed E-state index contributed by atoms with van der Waals surface area (Å²) in [5.74, 6) is 0.300. The summed E-state index contributed by atoms with van der Waals surface area (Å²) in [4.78, 5) is 12.1. The highest BCUT2D eigenvalue weighted by molar-refractivity contribution is 5.85. The average Bonchev–Trinajstić information content (AvgIpc) is 3.04. The Hall–Kier alpha value is -0.570. The van der Waals surface area contributed by atoms with Gasteiger partial charge in [0.25, 0.3) is 0 Å². The minimum atomic E-state index is -0.0545. The second-order valence-electron chi connectivity index (χ2n) is 5.47. The minimum Gasteiger partial charge on any atom is -0.353 e. The summed E-state index contributed by atoms with van der Waals surface area (Å²) in [7, 11) is 1.93. The first-order chi connectivity index (χ1) is 7.77. The van der Waals surface area contributed by atoms with Crippen molar-refractivity contribution in [2.45, 2.75) is 57.4 Å². The van der Waals surface area contributed by atoms with Crippen LogP contribution in [0.3, 0.4) is 0 Å². The van der Waals surface area contributed by atoms with E-state index in [4.69, 9.17) is 0 Å². The van der Waals surface area contributed by atoms with Gasteiger partial charge in [-0.05, 0) is 32.7 Å². The van der Waals surface area contributed by atoms with Gasteiger partial charge in [0.05, 0.1) is 5.41 Å². The molecule has 2 fully saturated rings. The van der Waals surface area contributed by atoms with E-state index in [9.17, 15) is 4.79 Å². The lowest BCUT2D eigenvalue weighted by Gasteiger charge is -2.21. The number of carbonyl (C=O) groups is 1. The largest absolute Gasteiger partial charge is 0.353 e. The lowest BCUT2D eigenvalue weighted by atomic mass is 10.0. The van der Waals surface area contributed by atoms with Gasteiger partial charge in [0.2, 0.25) is 5.91 Å². The molecule has 2 aliphatic rings. The fraction of sp³-hybridized carbons (Fsp3) is 0.923. The molecule has 0 saturated heterocycles. The molecule has 2 N–H and O–H groups in total. The third-order valence-electron chi connectivity index (χ3n) is 4.04. The number of rotatable bonds is 4. The van der Waals surface area contributed by atoms with Crippen LogP contribution in [-0.4, -0.2) is 25.5 Å². The summed E-state index contributed by atoms with van der Waals surface area (Å²) in [6.07, 6.45) is 9.73. The smallest absolute Gasteiger partial charge is 0.227 e. The van der Waals surface area contributed by atoms with Crippen LogP contribution in [-0.2, 0) is 4.79 Å². The third-order valence-corrected chi connectivity index (χ3v) is 4.04. The zero-order valence-electron chi connectivity index (χ0n) is 10.3. The summed E-state index contributed by atoms with van der Waals surface area (Å²) >= 11 is 0. The van der Waals surface area contributed by atoms with Crippen molar-refractivity contribution in [3.05, 3.63) is 0 Å². The molecule has 0 radical (unpaired) electrons. The molecule has 3 nitrogen and oxygen atoms in total. The quantitative estimate of drug-likeness (QED) is 0.715. The zero-order valence-corrected chi connectivity index (χ0v) is 10.3. The Labute approximate surface area is 98.4 Å². The van der Waals surface area contributed by atoms with Crippen LogP contribution < -0.4 is 10.6 Å². The molecule has 2 saturated carbocycles. The normalized spacial score (nSPS) is 24.8. The third kappa shape index (κ3) is 2.76. The van der Waals surface area contributed by atoms with Crippen LogP contribution in [0.15, 0.2) is 0 Å². The van der Waals surface area contributed by atoms with Crippen LogP contribution in [0.4, 0.5) is 0 Å². The van der Waals surface area contributed by atoms with Crippen molar-refractivity contribution in [3.8, 4) is 0 Å². The van der Waals surface area contributed by atoms with Crippen molar-refractivity contribution in [3.63, 3.8) is 0 Å². The van der Waals surface area contributed by atoms with E-state index in [0.29, 0.717) is 11.9 Å². The number of nitrogens with one attached hydrogen (secondary N) is 2. The van der Waals surface area contributed by atoms with Crippen molar-refractivity contribution in [1.29, 1.82) is 0 Å². The van der Waals surface area contributed by atoms with Gasteiger partial charge in [-0.2, -0.15) is 0 Å². The monoisotopic (exact) mass is 224 g/mol. The van der Waals surface area contributed by atoms with Gasteiger partial charge < -0.3 is 10.6 Å². The predicted octanol–water partition coefficient (Wildman–Crippen LogP) is 1.82. The van der Waals surface area contributed by atoms with E-state index in [0.717, 1.165) is 19.4 Å². The molecule has 2 aliphatic carbocycles. The first-order valence-corrected chi connectivity index (χ1v) is 6.72. The molecule has 2 rings (SSSR count). The number of carbonyl (C=O) groups excluding carboxylic acids is 1. The van der Waals surface area contributed by atoms with E-state index in [2.05, 4.69) is 10.6 Å². The highest BCUT2D eigenvalue weighted by Crippen LogP contribution is 2.45. The van der Waals surface area contributed by atoms with Crippen LogP contribution >= 0.6 is 0 Å². The maximum absolute atomic E-state index is 12.1. The van der Waals surface area contributed by atoms with E-state index in [1.54, 1.807) is 0 Å². The molecule has 3 heteroatoms. The van der Waals surface area contributed by atoms with Crippen LogP contribution in [0.1, 0.15) is 51.4 Å². The van der Waals surface area contributed by atoms with Crippen LogP contribution in [0.25, 0.3) is 0 Å². The summed E-state index contributed by atoms with van der Waals surface area (Å²) in [6, 6.07) is 0.448. The fourth-order valence-corrected chi connectivity index (χ4v) is 2.74. The van der Waals surface area contributed by atoms with Gasteiger partial charge in [-0.3, -0.25) is 4.79 Å². The van der Waals surface area contributed by atoms with Crippen LogP contribution in [0.5, 0.6) is 0 Å². The lowest BCUT2D eigenvalue weighted by molar-refractivity contribution is -0.127. The SMILES string of the molecule is CNCC1(C(=O)NC2CCCCCC2)CC1. The molecule has 0 aromatic carbocycles. The molecule has 1 amide bonds. The summed E-state index contributed by atoms with van der Waals surface area (Å²) in [6.45, 7) is 0.839. The predicted molar refractivity (Wildman–Crippen MR) is 65.2 cm³/mol. The molecule has 0 aromatic heterocycles. The first-order valence-electron chi connectivity index (χ1n) is 6.72. The van der Waals surface area contributed by atoms with Gasteiger partial charge in [0, 0.05) is 12.6 Å². The Kier molecular flexibility index (Phi) is 3.85. The maximum Gasteiger partial charge on any atom is 0.227 e. The minimum absolute atomic E-state index is 0.0545. The van der Waals surface area contributed by atoms with E-state index < -0.39 is 0 Å². The molecule has 0 heterocycles. The number of hydrogen-bond acceptors (Lipinski definition) is 2. The summed E-state index contributed by atoms with van der Waals surface area (Å²) in [5.41, 5.74) is -0.0545. The Bertz CT molecular complexity index is 240. The van der Waals surface area contributed by atoms with Crippen molar-refractivity contribution in [2.75, 3.05) is 13.6 Å². The zero-order chi connectivity index (χ0) is 11.4. The maximum atomic E-state index is 12.1. The Morgan fingerprint density at radius 2 is 1.81 bits per heavy atom. The molecule has 16 heavy (non-hydrogen) atoms. The molecule has 0 aromatic rings. The molecule has 0 aliphatic heterocycles. The number of hydrogen-bond donors (Lipinski definition) is 2. The van der Waals surface area contributed by atoms with Gasteiger partial charge in [0.15, 0.2) is 0 Å². The number of amides is 1. The van der Waals surface area contributed by atoms with Crippen LogP contribution in [0, 0.1) is 5.41 Å². The molecule has 0 unspecified atom stereocenters. The summed E-state index contributed by atoms with van der Waals surface area (Å²) < 4.78 is 0. The summed E-state index contributed by atoms with van der Waals surface area (Å²) in [5, 5.41) is 6.41. The van der Waals surface area contributed by atoms with Crippen molar-refractivity contribution in [2.24, 2.45) is 5.41 Å². The lowest BCUT2D eigenvalue weighted by Crippen LogP contribution is -2.42. The highest BCUT2D eigenvalue weighted by atomic mass is 16.2. The molecular weight excluding hydrogens is 200 g/mol. The van der Waals surface area contributed by atoms with E-state index in [-0.39, 0.29) is 5.41 Å². The Balaban J connectivity index is 1.81. The Morgan fingerprint density at radius 3 is 2.31 bits per heavy atom. The molecule has 0 atom stereocenters. The van der Waals surface area contributed by atoms with Crippen molar-refractivity contribution in [1.82, 2.24) is 10.6 Å². The molecule has 0 spiro atoms. The van der Waals surface area contributed by atoms with E-state index >= 15 is 0 Å². The molecule has 0 bridgehead atoms. The van der Waals surface area contributed by atoms with Gasteiger partial charge in [-0.1, -0.05) is 25.7 Å². The van der Waals surface area contributed by atoms with Crippen LogP contribution in [0.2, 0.25) is 0 Å². The highest BCUT2D eigenvalue weighted by Gasteiger charge is 2.49.